The van der Waals surface area contributed by atoms with E-state index in [-0.39, 0.29) is 11.9 Å². The summed E-state index contributed by atoms with van der Waals surface area (Å²) in [4.78, 5) is 4.54. The summed E-state index contributed by atoms with van der Waals surface area (Å²) in [6.07, 6.45) is 1.81. The number of aryl methyl sites for hydroxylation is 2. The van der Waals surface area contributed by atoms with Gasteiger partial charge in [-0.1, -0.05) is 15.9 Å². The van der Waals surface area contributed by atoms with E-state index in [0.29, 0.717) is 22.5 Å². The maximum atomic E-state index is 13.6. The maximum Gasteiger partial charge on any atom is 0.149 e. The molecule has 1 aliphatic rings. The lowest BCUT2D eigenvalue weighted by Gasteiger charge is -2.37. The van der Waals surface area contributed by atoms with Gasteiger partial charge in [0.05, 0.1) is 18.1 Å². The SMILES string of the molecule is Cc1cc(Oc2cc(F)cc(Br)c2)c(C)cc1/N=C/NC1(C)CNCC(C)O1. The Labute approximate surface area is 173 Å². The minimum Gasteiger partial charge on any atom is -0.457 e. The summed E-state index contributed by atoms with van der Waals surface area (Å²) in [5, 5.41) is 6.57. The van der Waals surface area contributed by atoms with Crippen LogP contribution >= 0.6 is 15.9 Å². The first kappa shape index (κ1) is 20.8. The molecule has 0 bridgehead atoms. The quantitative estimate of drug-likeness (QED) is 0.499. The number of nitrogens with zero attached hydrogens (tertiary/aromatic N) is 1. The summed E-state index contributed by atoms with van der Waals surface area (Å²) in [5.41, 5.74) is 2.21. The number of rotatable bonds is 5. The third-order valence-electron chi connectivity index (χ3n) is 4.49. The van der Waals surface area contributed by atoms with Crippen LogP contribution in [0.25, 0.3) is 0 Å². The highest BCUT2D eigenvalue weighted by Gasteiger charge is 2.29. The second kappa shape index (κ2) is 8.59. The smallest absolute Gasteiger partial charge is 0.149 e. The van der Waals surface area contributed by atoms with Crippen molar-refractivity contribution >= 4 is 28.0 Å². The summed E-state index contributed by atoms with van der Waals surface area (Å²) < 4.78 is 26.0. The van der Waals surface area contributed by atoms with E-state index in [1.165, 1.54) is 12.1 Å². The molecule has 2 aromatic rings. The summed E-state index contributed by atoms with van der Waals surface area (Å²) in [6, 6.07) is 8.33. The molecule has 0 spiro atoms. The van der Waals surface area contributed by atoms with Crippen LogP contribution in [0.1, 0.15) is 25.0 Å². The maximum absolute atomic E-state index is 13.6. The van der Waals surface area contributed by atoms with Crippen LogP contribution in [-0.4, -0.2) is 31.3 Å². The molecule has 0 radical (unpaired) electrons. The minimum absolute atomic E-state index is 0.142. The number of hydrogen-bond donors (Lipinski definition) is 2. The molecule has 0 amide bonds. The highest BCUT2D eigenvalue weighted by molar-refractivity contribution is 9.10. The molecule has 2 N–H and O–H groups in total. The van der Waals surface area contributed by atoms with Gasteiger partial charge in [0.2, 0.25) is 0 Å². The molecular formula is C21H25BrFN3O2. The van der Waals surface area contributed by atoms with Crippen molar-refractivity contribution in [2.45, 2.75) is 39.5 Å². The highest BCUT2D eigenvalue weighted by Crippen LogP contribution is 2.32. The Kier molecular flexibility index (Phi) is 6.37. The number of ether oxygens (including phenoxy) is 2. The molecule has 1 heterocycles. The van der Waals surface area contributed by atoms with Crippen LogP contribution in [0.3, 0.4) is 0 Å². The first-order valence-corrected chi connectivity index (χ1v) is 9.97. The Bertz CT molecular complexity index is 870. The van der Waals surface area contributed by atoms with Gasteiger partial charge in [-0.25, -0.2) is 9.38 Å². The summed E-state index contributed by atoms with van der Waals surface area (Å²) in [5.74, 6) is 0.757. The van der Waals surface area contributed by atoms with Gasteiger partial charge in [0, 0.05) is 23.6 Å². The molecule has 1 fully saturated rings. The number of aliphatic imine (C=N–C) groups is 1. The Morgan fingerprint density at radius 1 is 1.29 bits per heavy atom. The normalized spacial score (nSPS) is 22.4. The van der Waals surface area contributed by atoms with Crippen LogP contribution in [0.15, 0.2) is 39.8 Å². The molecule has 3 rings (SSSR count). The van der Waals surface area contributed by atoms with Gasteiger partial charge in [-0.3, -0.25) is 0 Å². The van der Waals surface area contributed by atoms with Gasteiger partial charge in [0.25, 0.3) is 0 Å². The van der Waals surface area contributed by atoms with Crippen molar-refractivity contribution in [2.75, 3.05) is 13.1 Å². The average Bonchev–Trinajstić information content (AvgIpc) is 2.58. The van der Waals surface area contributed by atoms with Crippen molar-refractivity contribution in [1.82, 2.24) is 10.6 Å². The van der Waals surface area contributed by atoms with Gasteiger partial charge < -0.3 is 20.1 Å². The summed E-state index contributed by atoms with van der Waals surface area (Å²) >= 11 is 3.28. The topological polar surface area (TPSA) is 54.9 Å². The Morgan fingerprint density at radius 2 is 2.07 bits per heavy atom. The Morgan fingerprint density at radius 3 is 2.79 bits per heavy atom. The predicted octanol–water partition coefficient (Wildman–Crippen LogP) is 4.97. The molecule has 0 saturated carbocycles. The molecule has 1 saturated heterocycles. The van der Waals surface area contributed by atoms with E-state index >= 15 is 0 Å². The number of hydrogen-bond acceptors (Lipinski definition) is 4. The van der Waals surface area contributed by atoms with Gasteiger partial charge >= 0.3 is 0 Å². The lowest BCUT2D eigenvalue weighted by atomic mass is 10.1. The standard InChI is InChI=1S/C21H25BrFN3O2/c1-13-6-20(27-18-8-16(22)7-17(23)9-18)14(2)5-19(13)25-12-26-21(4)11-24-10-15(3)28-21/h5-9,12,15,24H,10-11H2,1-4H3,(H,25,26). The van der Waals surface area contributed by atoms with Crippen LogP contribution in [0, 0.1) is 19.7 Å². The zero-order valence-electron chi connectivity index (χ0n) is 16.5. The fourth-order valence-electron chi connectivity index (χ4n) is 3.10. The van der Waals surface area contributed by atoms with Crippen molar-refractivity contribution < 1.29 is 13.9 Å². The first-order valence-electron chi connectivity index (χ1n) is 9.18. The number of morpholine rings is 1. The minimum atomic E-state index is -0.488. The third-order valence-corrected chi connectivity index (χ3v) is 4.94. The molecule has 2 atom stereocenters. The summed E-state index contributed by atoms with van der Waals surface area (Å²) in [7, 11) is 0. The second-order valence-electron chi connectivity index (χ2n) is 7.30. The second-order valence-corrected chi connectivity index (χ2v) is 8.22. The fraction of sp³-hybridized carbons (Fsp3) is 0.381. The summed E-state index contributed by atoms with van der Waals surface area (Å²) in [6.45, 7) is 9.48. The van der Waals surface area contributed by atoms with Crippen molar-refractivity contribution in [2.24, 2.45) is 4.99 Å². The number of nitrogens with one attached hydrogen (secondary N) is 2. The van der Waals surface area contributed by atoms with Gasteiger partial charge in [-0.2, -0.15) is 0 Å². The van der Waals surface area contributed by atoms with E-state index in [0.717, 1.165) is 23.4 Å². The van der Waals surface area contributed by atoms with Gasteiger partial charge in [-0.15, -0.1) is 0 Å². The van der Waals surface area contributed by atoms with Crippen molar-refractivity contribution in [3.8, 4) is 11.5 Å². The van der Waals surface area contributed by atoms with Gasteiger partial charge in [0.15, 0.2) is 0 Å². The molecule has 7 heteroatoms. The lowest BCUT2D eigenvalue weighted by Crippen LogP contribution is -2.58. The van der Waals surface area contributed by atoms with Gasteiger partial charge in [0.1, 0.15) is 23.0 Å². The number of halogens is 2. The fourth-order valence-corrected chi connectivity index (χ4v) is 3.55. The van der Waals surface area contributed by atoms with Crippen LogP contribution in [0.2, 0.25) is 0 Å². The highest BCUT2D eigenvalue weighted by atomic mass is 79.9. The molecule has 0 aromatic heterocycles. The van der Waals surface area contributed by atoms with Crippen LogP contribution in [-0.2, 0) is 4.74 Å². The van der Waals surface area contributed by atoms with Crippen molar-refractivity contribution in [3.63, 3.8) is 0 Å². The molecule has 28 heavy (non-hydrogen) atoms. The van der Waals surface area contributed by atoms with Crippen molar-refractivity contribution in [3.05, 3.63) is 51.7 Å². The van der Waals surface area contributed by atoms with Crippen LogP contribution < -0.4 is 15.4 Å². The molecule has 5 nitrogen and oxygen atoms in total. The molecule has 2 aromatic carbocycles. The molecular weight excluding hydrogens is 425 g/mol. The largest absolute Gasteiger partial charge is 0.457 e. The van der Waals surface area contributed by atoms with E-state index in [2.05, 4.69) is 31.6 Å². The lowest BCUT2D eigenvalue weighted by molar-refractivity contribution is -0.105. The zero-order valence-corrected chi connectivity index (χ0v) is 18.1. The third kappa shape index (κ3) is 5.31. The molecule has 2 unspecified atom stereocenters. The van der Waals surface area contributed by atoms with E-state index in [4.69, 9.17) is 9.47 Å². The zero-order chi connectivity index (χ0) is 20.3. The van der Waals surface area contributed by atoms with E-state index in [1.807, 2.05) is 39.8 Å². The van der Waals surface area contributed by atoms with E-state index in [1.54, 1.807) is 12.4 Å². The Hall–Kier alpha value is -1.96. The molecule has 1 aliphatic heterocycles. The monoisotopic (exact) mass is 449 g/mol. The molecule has 150 valence electrons. The van der Waals surface area contributed by atoms with Gasteiger partial charge in [-0.05, 0) is 63.1 Å². The first-order chi connectivity index (χ1) is 13.2. The van der Waals surface area contributed by atoms with Crippen molar-refractivity contribution in [1.29, 1.82) is 0 Å². The van der Waals surface area contributed by atoms with Crippen LogP contribution in [0.4, 0.5) is 10.1 Å². The number of benzene rings is 2. The average molecular weight is 450 g/mol. The molecule has 0 aliphatic carbocycles. The van der Waals surface area contributed by atoms with Crippen LogP contribution in [0.5, 0.6) is 11.5 Å². The van der Waals surface area contributed by atoms with E-state index in [9.17, 15) is 4.39 Å². The van der Waals surface area contributed by atoms with E-state index < -0.39 is 5.72 Å². The predicted molar refractivity (Wildman–Crippen MR) is 113 cm³/mol. The Balaban J connectivity index is 1.72.